The molecule has 0 saturated carbocycles. The van der Waals surface area contributed by atoms with Gasteiger partial charge in [-0.15, -0.1) is 0 Å². The summed E-state index contributed by atoms with van der Waals surface area (Å²) in [7, 11) is 0. The largest absolute Gasteiger partial charge is 0.388 e. The van der Waals surface area contributed by atoms with Gasteiger partial charge in [0.15, 0.2) is 0 Å². The Morgan fingerprint density at radius 3 is 2.64 bits per heavy atom. The molecule has 2 aromatic rings. The maximum atomic E-state index is 14.0. The second-order valence-corrected chi connectivity index (χ2v) is 7.07. The summed E-state index contributed by atoms with van der Waals surface area (Å²) in [6, 6.07) is 7.02. The molecule has 2 aliphatic rings. The standard InChI is InChI=1S/C19H24FN3O2/c20-16-3-1-2-15-17(4-7-21-18(15)16)23-8-5-19(24,6-9-23)14-22-10-12-25-13-11-22/h1-4,7,24H,5-6,8-14H2. The van der Waals surface area contributed by atoms with Crippen molar-refractivity contribution >= 4 is 16.6 Å². The minimum atomic E-state index is -0.651. The predicted molar refractivity (Wildman–Crippen MR) is 95.4 cm³/mol. The van der Waals surface area contributed by atoms with E-state index in [2.05, 4.69) is 14.8 Å². The van der Waals surface area contributed by atoms with Crippen LogP contribution >= 0.6 is 0 Å². The number of benzene rings is 1. The van der Waals surface area contributed by atoms with E-state index < -0.39 is 5.60 Å². The first-order valence-corrected chi connectivity index (χ1v) is 8.95. The SMILES string of the molecule is OC1(CN2CCOCC2)CCN(c2ccnc3c(F)cccc23)CC1. The topological polar surface area (TPSA) is 48.8 Å². The Morgan fingerprint density at radius 1 is 1.12 bits per heavy atom. The lowest BCUT2D eigenvalue weighted by Gasteiger charge is -2.42. The van der Waals surface area contributed by atoms with Crippen molar-refractivity contribution in [3.8, 4) is 0 Å². The van der Waals surface area contributed by atoms with Crippen molar-refractivity contribution in [3.63, 3.8) is 0 Å². The molecule has 2 aliphatic heterocycles. The van der Waals surface area contributed by atoms with Crippen molar-refractivity contribution in [3.05, 3.63) is 36.3 Å². The summed E-state index contributed by atoms with van der Waals surface area (Å²) in [5, 5.41) is 11.8. The maximum absolute atomic E-state index is 14.0. The van der Waals surface area contributed by atoms with Crippen LogP contribution in [0.15, 0.2) is 30.5 Å². The highest BCUT2D eigenvalue weighted by Crippen LogP contribution is 2.32. The summed E-state index contributed by atoms with van der Waals surface area (Å²) >= 11 is 0. The minimum Gasteiger partial charge on any atom is -0.388 e. The molecule has 0 unspecified atom stereocenters. The van der Waals surface area contributed by atoms with Crippen molar-refractivity contribution in [2.24, 2.45) is 0 Å². The number of rotatable bonds is 3. The van der Waals surface area contributed by atoms with E-state index in [1.807, 2.05) is 12.1 Å². The fourth-order valence-corrected chi connectivity index (χ4v) is 3.90. The Kier molecular flexibility index (Phi) is 4.58. The first-order chi connectivity index (χ1) is 12.1. The van der Waals surface area contributed by atoms with Crippen molar-refractivity contribution in [2.45, 2.75) is 18.4 Å². The molecular formula is C19H24FN3O2. The summed E-state index contributed by atoms with van der Waals surface area (Å²) in [5.41, 5.74) is 0.758. The third-order valence-electron chi connectivity index (χ3n) is 5.36. The summed E-state index contributed by atoms with van der Waals surface area (Å²) in [4.78, 5) is 8.69. The first kappa shape index (κ1) is 16.7. The van der Waals surface area contributed by atoms with Crippen LogP contribution in [0.3, 0.4) is 0 Å². The number of fused-ring (bicyclic) bond motifs is 1. The van der Waals surface area contributed by atoms with E-state index in [4.69, 9.17) is 4.74 Å². The Morgan fingerprint density at radius 2 is 1.88 bits per heavy atom. The molecule has 2 saturated heterocycles. The molecule has 1 aromatic carbocycles. The minimum absolute atomic E-state index is 0.291. The highest BCUT2D eigenvalue weighted by Gasteiger charge is 2.34. The number of morpholine rings is 1. The summed E-state index contributed by atoms with van der Waals surface area (Å²) in [6.45, 7) is 5.50. The predicted octanol–water partition coefficient (Wildman–Crippen LogP) is 2.04. The van der Waals surface area contributed by atoms with Gasteiger partial charge >= 0.3 is 0 Å². The van der Waals surface area contributed by atoms with Gasteiger partial charge in [-0.1, -0.05) is 12.1 Å². The molecule has 6 heteroatoms. The van der Waals surface area contributed by atoms with Gasteiger partial charge < -0.3 is 14.7 Å². The van der Waals surface area contributed by atoms with E-state index in [9.17, 15) is 9.50 Å². The van der Waals surface area contributed by atoms with Crippen LogP contribution in [0, 0.1) is 5.82 Å². The molecule has 1 N–H and O–H groups in total. The third-order valence-corrected chi connectivity index (χ3v) is 5.36. The van der Waals surface area contributed by atoms with Gasteiger partial charge in [0.25, 0.3) is 0 Å². The fourth-order valence-electron chi connectivity index (χ4n) is 3.90. The number of aromatic nitrogens is 1. The van der Waals surface area contributed by atoms with Gasteiger partial charge in [-0.25, -0.2) is 4.39 Å². The highest BCUT2D eigenvalue weighted by atomic mass is 19.1. The summed E-state index contributed by atoms with van der Waals surface area (Å²) < 4.78 is 19.4. The van der Waals surface area contributed by atoms with Crippen molar-refractivity contribution in [2.75, 3.05) is 50.8 Å². The highest BCUT2D eigenvalue weighted by molar-refractivity contribution is 5.91. The smallest absolute Gasteiger partial charge is 0.149 e. The number of piperidine rings is 1. The average molecular weight is 345 g/mol. The molecule has 4 rings (SSSR count). The van der Waals surface area contributed by atoms with Gasteiger partial charge in [0.2, 0.25) is 0 Å². The van der Waals surface area contributed by atoms with Crippen LogP contribution in [0.4, 0.5) is 10.1 Å². The zero-order chi connectivity index (χ0) is 17.3. The Hall–Kier alpha value is -1.76. The molecule has 0 spiro atoms. The number of pyridine rings is 1. The number of para-hydroxylation sites is 1. The molecular weight excluding hydrogens is 321 g/mol. The van der Waals surface area contributed by atoms with Crippen LogP contribution in [0.25, 0.3) is 10.9 Å². The average Bonchev–Trinajstić information content (AvgIpc) is 2.63. The molecule has 2 fully saturated rings. The van der Waals surface area contributed by atoms with Gasteiger partial charge in [-0.3, -0.25) is 9.88 Å². The van der Waals surface area contributed by atoms with Crippen LogP contribution in [-0.2, 0) is 4.74 Å². The number of aliphatic hydroxyl groups is 1. The molecule has 134 valence electrons. The van der Waals surface area contributed by atoms with E-state index in [-0.39, 0.29) is 5.82 Å². The number of ether oxygens (including phenoxy) is 1. The quantitative estimate of drug-likeness (QED) is 0.923. The van der Waals surface area contributed by atoms with E-state index in [0.29, 0.717) is 24.9 Å². The van der Waals surface area contributed by atoms with Gasteiger partial charge in [0.1, 0.15) is 11.3 Å². The Bertz CT molecular complexity index is 741. The van der Waals surface area contributed by atoms with Crippen LogP contribution in [0.2, 0.25) is 0 Å². The molecule has 0 amide bonds. The summed E-state index contributed by atoms with van der Waals surface area (Å²) in [5.74, 6) is -0.291. The van der Waals surface area contributed by atoms with Crippen LogP contribution < -0.4 is 4.90 Å². The van der Waals surface area contributed by atoms with Crippen molar-refractivity contribution in [1.29, 1.82) is 0 Å². The molecule has 0 atom stereocenters. The second-order valence-electron chi connectivity index (χ2n) is 7.07. The number of hydrogen-bond donors (Lipinski definition) is 1. The third kappa shape index (κ3) is 3.47. The Balaban J connectivity index is 1.47. The van der Waals surface area contributed by atoms with E-state index in [1.54, 1.807) is 12.3 Å². The normalized spacial score (nSPS) is 21.6. The number of β-amino-alcohol motifs (C(OH)–C–C–N with tert-alkyl or cyclic N) is 1. The van der Waals surface area contributed by atoms with Crippen LogP contribution in [-0.4, -0.2) is 66.5 Å². The van der Waals surface area contributed by atoms with Gasteiger partial charge in [-0.2, -0.15) is 0 Å². The van der Waals surface area contributed by atoms with Crippen LogP contribution in [0.1, 0.15) is 12.8 Å². The van der Waals surface area contributed by atoms with E-state index >= 15 is 0 Å². The van der Waals surface area contributed by atoms with Gasteiger partial charge in [0, 0.05) is 50.0 Å². The first-order valence-electron chi connectivity index (χ1n) is 8.95. The molecule has 0 radical (unpaired) electrons. The monoisotopic (exact) mass is 345 g/mol. The molecule has 0 aliphatic carbocycles. The number of anilines is 1. The molecule has 1 aromatic heterocycles. The zero-order valence-electron chi connectivity index (χ0n) is 14.3. The van der Waals surface area contributed by atoms with Crippen LogP contribution in [0.5, 0.6) is 0 Å². The number of hydrogen-bond acceptors (Lipinski definition) is 5. The van der Waals surface area contributed by atoms with Crippen molar-refractivity contribution < 1.29 is 14.2 Å². The maximum Gasteiger partial charge on any atom is 0.149 e. The zero-order valence-corrected chi connectivity index (χ0v) is 14.3. The lowest BCUT2D eigenvalue weighted by molar-refractivity contribution is -0.0440. The fraction of sp³-hybridized carbons (Fsp3) is 0.526. The van der Waals surface area contributed by atoms with Crippen molar-refractivity contribution in [1.82, 2.24) is 9.88 Å². The Labute approximate surface area is 147 Å². The molecule has 0 bridgehead atoms. The number of nitrogens with zero attached hydrogens (tertiary/aromatic N) is 3. The lowest BCUT2D eigenvalue weighted by Crippen LogP contribution is -2.53. The van der Waals surface area contributed by atoms with Gasteiger partial charge in [0.05, 0.1) is 18.8 Å². The molecule has 25 heavy (non-hydrogen) atoms. The molecule has 3 heterocycles. The lowest BCUT2D eigenvalue weighted by atomic mass is 9.90. The summed E-state index contributed by atoms with van der Waals surface area (Å²) in [6.07, 6.45) is 3.09. The number of halogens is 1. The molecule has 5 nitrogen and oxygen atoms in total. The second kappa shape index (κ2) is 6.86. The van der Waals surface area contributed by atoms with Gasteiger partial charge in [-0.05, 0) is 25.0 Å². The van der Waals surface area contributed by atoms with E-state index in [1.165, 1.54) is 6.07 Å². The van der Waals surface area contributed by atoms with E-state index in [0.717, 1.165) is 50.5 Å².